The summed E-state index contributed by atoms with van der Waals surface area (Å²) in [6.45, 7) is 4.65. The molecule has 1 N–H and O–H groups in total. The van der Waals surface area contributed by atoms with Gasteiger partial charge in [-0.2, -0.15) is 0 Å². The number of piperazine rings is 1. The van der Waals surface area contributed by atoms with Crippen LogP contribution < -0.4 is 4.90 Å². The van der Waals surface area contributed by atoms with Crippen LogP contribution >= 0.6 is 0 Å². The van der Waals surface area contributed by atoms with Crippen molar-refractivity contribution in [1.82, 2.24) is 14.9 Å². The molecule has 0 unspecified atom stereocenters. The SMILES string of the molecule is Fc1cccc2ccc(CN3CCN(c4cccc5[nH]ccc45)CC3)nc12. The number of rotatable bonds is 3. The molecule has 0 aliphatic carbocycles. The lowest BCUT2D eigenvalue weighted by molar-refractivity contribution is 0.247. The van der Waals surface area contributed by atoms with Crippen molar-refractivity contribution in [3.63, 3.8) is 0 Å². The Bertz CT molecular complexity index is 1100. The van der Waals surface area contributed by atoms with Gasteiger partial charge in [-0.05, 0) is 30.3 Å². The molecule has 0 spiro atoms. The van der Waals surface area contributed by atoms with Gasteiger partial charge in [-0.3, -0.25) is 4.90 Å². The molecular formula is C22H21FN4. The molecule has 0 atom stereocenters. The Morgan fingerprint density at radius 2 is 1.78 bits per heavy atom. The first kappa shape index (κ1) is 16.3. The number of hydrogen-bond donors (Lipinski definition) is 1. The van der Waals surface area contributed by atoms with Crippen molar-refractivity contribution in [1.29, 1.82) is 0 Å². The number of benzene rings is 2. The zero-order valence-corrected chi connectivity index (χ0v) is 15.0. The summed E-state index contributed by atoms with van der Waals surface area (Å²) < 4.78 is 14.0. The van der Waals surface area contributed by atoms with Crippen LogP contribution in [0.5, 0.6) is 0 Å². The van der Waals surface area contributed by atoms with Crippen molar-refractivity contribution in [2.24, 2.45) is 0 Å². The first-order chi connectivity index (χ1) is 13.3. The van der Waals surface area contributed by atoms with Crippen molar-refractivity contribution in [2.45, 2.75) is 6.54 Å². The monoisotopic (exact) mass is 360 g/mol. The van der Waals surface area contributed by atoms with Crippen molar-refractivity contribution in [2.75, 3.05) is 31.1 Å². The van der Waals surface area contributed by atoms with E-state index in [4.69, 9.17) is 0 Å². The Morgan fingerprint density at radius 1 is 0.926 bits per heavy atom. The number of H-pyrrole nitrogens is 1. The highest BCUT2D eigenvalue weighted by molar-refractivity contribution is 5.92. The summed E-state index contributed by atoms with van der Waals surface area (Å²) in [6, 6.07) is 17.6. The summed E-state index contributed by atoms with van der Waals surface area (Å²) in [5, 5.41) is 2.13. The Balaban J connectivity index is 1.30. The largest absolute Gasteiger partial charge is 0.368 e. The van der Waals surface area contributed by atoms with Gasteiger partial charge in [0.25, 0.3) is 0 Å². The van der Waals surface area contributed by atoms with E-state index in [0.717, 1.165) is 43.8 Å². The summed E-state index contributed by atoms with van der Waals surface area (Å²) >= 11 is 0. The average Bonchev–Trinajstić information content (AvgIpc) is 3.18. The molecule has 0 bridgehead atoms. The first-order valence-electron chi connectivity index (χ1n) is 9.35. The van der Waals surface area contributed by atoms with Gasteiger partial charge in [0.05, 0.1) is 5.69 Å². The lowest BCUT2D eigenvalue weighted by atomic mass is 10.1. The van der Waals surface area contributed by atoms with Crippen molar-refractivity contribution in [3.8, 4) is 0 Å². The number of pyridine rings is 1. The third-order valence-electron chi connectivity index (χ3n) is 5.40. The van der Waals surface area contributed by atoms with Crippen LogP contribution in [0.1, 0.15) is 5.69 Å². The number of aromatic nitrogens is 2. The maximum Gasteiger partial charge on any atom is 0.149 e. The molecule has 5 rings (SSSR count). The predicted molar refractivity (Wildman–Crippen MR) is 107 cm³/mol. The molecule has 4 aromatic rings. The van der Waals surface area contributed by atoms with E-state index >= 15 is 0 Å². The highest BCUT2D eigenvalue weighted by Crippen LogP contribution is 2.27. The maximum absolute atomic E-state index is 14.0. The Labute approximate surface area is 157 Å². The van der Waals surface area contributed by atoms with Gasteiger partial charge in [-0.25, -0.2) is 9.37 Å². The van der Waals surface area contributed by atoms with Crippen LogP contribution in [0.15, 0.2) is 60.8 Å². The minimum absolute atomic E-state index is 0.251. The van der Waals surface area contributed by atoms with Gasteiger partial charge in [0.1, 0.15) is 11.3 Å². The van der Waals surface area contributed by atoms with E-state index in [1.807, 2.05) is 24.4 Å². The summed E-state index contributed by atoms with van der Waals surface area (Å²) in [5.41, 5.74) is 3.86. The highest BCUT2D eigenvalue weighted by Gasteiger charge is 2.19. The van der Waals surface area contributed by atoms with Gasteiger partial charge < -0.3 is 9.88 Å². The predicted octanol–water partition coefficient (Wildman–Crippen LogP) is 4.18. The van der Waals surface area contributed by atoms with Crippen LogP contribution in [-0.2, 0) is 6.54 Å². The van der Waals surface area contributed by atoms with E-state index in [9.17, 15) is 4.39 Å². The molecule has 2 aromatic carbocycles. The van der Waals surface area contributed by atoms with Crippen LogP contribution in [0.4, 0.5) is 10.1 Å². The number of nitrogens with one attached hydrogen (secondary N) is 1. The number of nitrogens with zero attached hydrogens (tertiary/aromatic N) is 3. The lowest BCUT2D eigenvalue weighted by Crippen LogP contribution is -2.46. The van der Waals surface area contributed by atoms with Crippen molar-refractivity contribution < 1.29 is 4.39 Å². The molecule has 1 saturated heterocycles. The average molecular weight is 360 g/mol. The molecule has 0 saturated carbocycles. The molecular weight excluding hydrogens is 339 g/mol. The van der Waals surface area contributed by atoms with E-state index in [1.165, 1.54) is 22.7 Å². The summed E-state index contributed by atoms with van der Waals surface area (Å²) in [7, 11) is 0. The molecule has 1 aliphatic rings. The van der Waals surface area contributed by atoms with Crippen LogP contribution in [0.3, 0.4) is 0 Å². The molecule has 136 valence electrons. The molecule has 0 radical (unpaired) electrons. The number of aromatic amines is 1. The fraction of sp³-hybridized carbons (Fsp3) is 0.227. The maximum atomic E-state index is 14.0. The lowest BCUT2D eigenvalue weighted by Gasteiger charge is -2.36. The Kier molecular flexibility index (Phi) is 4.02. The van der Waals surface area contributed by atoms with Gasteiger partial charge in [-0.15, -0.1) is 0 Å². The van der Waals surface area contributed by atoms with Gasteiger partial charge in [0.15, 0.2) is 0 Å². The number of anilines is 1. The van der Waals surface area contributed by atoms with Crippen LogP contribution in [0.25, 0.3) is 21.8 Å². The van der Waals surface area contributed by atoms with E-state index in [2.05, 4.69) is 44.0 Å². The van der Waals surface area contributed by atoms with Gasteiger partial charge in [-0.1, -0.05) is 24.3 Å². The molecule has 4 nitrogen and oxygen atoms in total. The van der Waals surface area contributed by atoms with E-state index in [1.54, 1.807) is 6.07 Å². The van der Waals surface area contributed by atoms with E-state index < -0.39 is 0 Å². The molecule has 1 aliphatic heterocycles. The fourth-order valence-corrected chi connectivity index (χ4v) is 3.96. The zero-order chi connectivity index (χ0) is 18.2. The summed E-state index contributed by atoms with van der Waals surface area (Å²) in [5.74, 6) is -0.251. The number of halogens is 1. The second-order valence-electron chi connectivity index (χ2n) is 7.09. The van der Waals surface area contributed by atoms with Crippen LogP contribution in [0, 0.1) is 5.82 Å². The Morgan fingerprint density at radius 3 is 2.67 bits per heavy atom. The number of para-hydroxylation sites is 1. The highest BCUT2D eigenvalue weighted by atomic mass is 19.1. The van der Waals surface area contributed by atoms with Crippen LogP contribution in [0.2, 0.25) is 0 Å². The topological polar surface area (TPSA) is 35.2 Å². The molecule has 2 aromatic heterocycles. The van der Waals surface area contributed by atoms with Crippen molar-refractivity contribution >= 4 is 27.5 Å². The quantitative estimate of drug-likeness (QED) is 0.595. The molecule has 1 fully saturated rings. The molecule has 27 heavy (non-hydrogen) atoms. The van der Waals surface area contributed by atoms with Gasteiger partial charge >= 0.3 is 0 Å². The third-order valence-corrected chi connectivity index (χ3v) is 5.40. The normalized spacial score (nSPS) is 15.7. The van der Waals surface area contributed by atoms with Gasteiger partial charge in [0, 0.05) is 60.9 Å². The third kappa shape index (κ3) is 3.04. The molecule has 0 amide bonds. The smallest absolute Gasteiger partial charge is 0.149 e. The fourth-order valence-electron chi connectivity index (χ4n) is 3.96. The van der Waals surface area contributed by atoms with Crippen LogP contribution in [-0.4, -0.2) is 41.0 Å². The summed E-state index contributed by atoms with van der Waals surface area (Å²) in [6.07, 6.45) is 1.99. The number of hydrogen-bond acceptors (Lipinski definition) is 3. The summed E-state index contributed by atoms with van der Waals surface area (Å²) in [4.78, 5) is 12.7. The Hall–Kier alpha value is -2.92. The number of fused-ring (bicyclic) bond motifs is 2. The van der Waals surface area contributed by atoms with Gasteiger partial charge in [0.2, 0.25) is 0 Å². The first-order valence-corrected chi connectivity index (χ1v) is 9.35. The zero-order valence-electron chi connectivity index (χ0n) is 15.0. The standard InChI is InChI=1S/C22H21FN4/c23-19-4-1-3-16-7-8-17(25-22(16)19)15-26-11-13-27(14-12-26)21-6-2-5-20-18(21)9-10-24-20/h1-10,24H,11-15H2. The van der Waals surface area contributed by atoms with Crippen molar-refractivity contribution in [3.05, 3.63) is 72.3 Å². The second kappa shape index (κ2) is 6.67. The molecule has 5 heteroatoms. The van der Waals surface area contributed by atoms with E-state index in [0.29, 0.717) is 5.52 Å². The molecule has 3 heterocycles. The van der Waals surface area contributed by atoms with E-state index in [-0.39, 0.29) is 5.82 Å². The minimum atomic E-state index is -0.251. The minimum Gasteiger partial charge on any atom is -0.368 e. The second-order valence-corrected chi connectivity index (χ2v) is 7.09.